The molecule has 0 radical (unpaired) electrons. The van der Waals surface area contributed by atoms with Crippen LogP contribution in [0.4, 0.5) is 5.69 Å². The number of nitrogens with zero attached hydrogens (tertiary/aromatic N) is 1. The molecule has 2 heterocycles. The van der Waals surface area contributed by atoms with E-state index in [2.05, 4.69) is 21.8 Å². The number of fused-ring (bicyclic) bond motifs is 4. The van der Waals surface area contributed by atoms with Gasteiger partial charge in [-0.1, -0.05) is 29.8 Å². The maximum atomic E-state index is 13.2. The number of halogens is 1. The minimum Gasteiger partial charge on any atom is -0.490 e. The molecule has 1 fully saturated rings. The van der Waals surface area contributed by atoms with Crippen molar-refractivity contribution in [3.05, 3.63) is 70.3 Å². The molecule has 214 valence electrons. The number of nitrogens with one attached hydrogen (secondary N) is 1. The van der Waals surface area contributed by atoms with Crippen LogP contribution in [-0.4, -0.2) is 50.5 Å². The fourth-order valence-electron chi connectivity index (χ4n) is 6.98. The highest BCUT2D eigenvalue weighted by Gasteiger charge is 2.44. The second-order valence-electron chi connectivity index (χ2n) is 12.1. The van der Waals surface area contributed by atoms with Crippen LogP contribution in [0.1, 0.15) is 66.9 Å². The number of aliphatic hydroxyl groups excluding tert-OH is 1. The van der Waals surface area contributed by atoms with Crippen LogP contribution in [0.5, 0.6) is 5.75 Å². The molecule has 0 aromatic heterocycles. The smallest absolute Gasteiger partial charge is 0.264 e. The van der Waals surface area contributed by atoms with Crippen molar-refractivity contribution in [2.24, 2.45) is 11.8 Å². The molecule has 1 spiro atoms. The fourth-order valence-corrected chi connectivity index (χ4v) is 8.12. The highest BCUT2D eigenvalue weighted by atomic mass is 35.5. The summed E-state index contributed by atoms with van der Waals surface area (Å²) in [6.07, 6.45) is 8.93. The Balaban J connectivity index is 1.42. The number of aliphatic hydroxyl groups is 1. The molecule has 0 unspecified atom stereocenters. The molecule has 4 aliphatic rings. The van der Waals surface area contributed by atoms with Gasteiger partial charge in [-0.15, -0.1) is 0 Å². The van der Waals surface area contributed by atoms with Gasteiger partial charge in [0.2, 0.25) is 10.0 Å². The third kappa shape index (κ3) is 5.14. The number of anilines is 1. The van der Waals surface area contributed by atoms with E-state index in [1.807, 2.05) is 12.1 Å². The van der Waals surface area contributed by atoms with E-state index in [-0.39, 0.29) is 23.3 Å². The van der Waals surface area contributed by atoms with Crippen molar-refractivity contribution in [1.29, 1.82) is 0 Å². The number of rotatable bonds is 0. The van der Waals surface area contributed by atoms with Crippen molar-refractivity contribution in [1.82, 2.24) is 4.72 Å². The molecule has 1 saturated carbocycles. The molecule has 6 rings (SSSR count). The molecule has 2 aromatic rings. The normalized spacial score (nSPS) is 32.5. The first-order valence-electron chi connectivity index (χ1n) is 14.3. The van der Waals surface area contributed by atoms with Crippen LogP contribution >= 0.6 is 11.6 Å². The number of amides is 1. The van der Waals surface area contributed by atoms with E-state index < -0.39 is 27.3 Å². The molecule has 2 aliphatic heterocycles. The summed E-state index contributed by atoms with van der Waals surface area (Å²) < 4.78 is 34.6. The number of aryl methyl sites for hydroxylation is 1. The zero-order valence-corrected chi connectivity index (χ0v) is 24.4. The summed E-state index contributed by atoms with van der Waals surface area (Å²) in [6.45, 7) is 3.52. The molecule has 2 N–H and O–H groups in total. The van der Waals surface area contributed by atoms with Crippen molar-refractivity contribution in [2.45, 2.75) is 68.6 Å². The van der Waals surface area contributed by atoms with E-state index in [1.165, 1.54) is 11.1 Å². The van der Waals surface area contributed by atoms with Crippen molar-refractivity contribution < 1.29 is 23.1 Å². The predicted octanol–water partition coefficient (Wildman–Crippen LogP) is 5.00. The Labute approximate surface area is 241 Å². The van der Waals surface area contributed by atoms with E-state index >= 15 is 0 Å². The van der Waals surface area contributed by atoms with Crippen LogP contribution in [0.15, 0.2) is 48.6 Å². The molecule has 7 nitrogen and oxygen atoms in total. The van der Waals surface area contributed by atoms with Crippen molar-refractivity contribution >= 4 is 33.2 Å². The van der Waals surface area contributed by atoms with Gasteiger partial charge in [-0.2, -0.15) is 0 Å². The molecule has 1 amide bonds. The number of benzene rings is 2. The zero-order chi connectivity index (χ0) is 28.1. The molecule has 2 aromatic carbocycles. The molecule has 5 atom stereocenters. The zero-order valence-electron chi connectivity index (χ0n) is 22.8. The number of sulfonamides is 1. The fraction of sp³-hybridized carbons (Fsp3) is 0.516. The van der Waals surface area contributed by atoms with Crippen LogP contribution in [0.3, 0.4) is 0 Å². The van der Waals surface area contributed by atoms with Crippen LogP contribution in [-0.2, 0) is 21.9 Å². The summed E-state index contributed by atoms with van der Waals surface area (Å²) in [5.74, 6) is 0.529. The van der Waals surface area contributed by atoms with Gasteiger partial charge in [0.1, 0.15) is 5.75 Å². The molecule has 0 saturated heterocycles. The lowest BCUT2D eigenvalue weighted by Gasteiger charge is -2.45. The van der Waals surface area contributed by atoms with Gasteiger partial charge >= 0.3 is 0 Å². The van der Waals surface area contributed by atoms with Crippen molar-refractivity contribution in [3.8, 4) is 5.75 Å². The first-order valence-corrected chi connectivity index (χ1v) is 16.3. The van der Waals surface area contributed by atoms with E-state index in [1.54, 1.807) is 31.2 Å². The maximum absolute atomic E-state index is 13.2. The molecule has 2 aliphatic carbocycles. The summed E-state index contributed by atoms with van der Waals surface area (Å²) in [6, 6.07) is 11.4. The summed E-state index contributed by atoms with van der Waals surface area (Å²) in [4.78, 5) is 15.5. The third-order valence-electron chi connectivity index (χ3n) is 9.50. The number of carbonyl (C=O) groups excluding carboxylic acids is 1. The van der Waals surface area contributed by atoms with Gasteiger partial charge < -0.3 is 14.7 Å². The van der Waals surface area contributed by atoms with Gasteiger partial charge in [-0.3, -0.25) is 4.79 Å². The quantitative estimate of drug-likeness (QED) is 0.423. The first-order chi connectivity index (χ1) is 19.1. The second-order valence-corrected chi connectivity index (χ2v) is 14.6. The summed E-state index contributed by atoms with van der Waals surface area (Å²) >= 11 is 6.37. The Hall–Kier alpha value is -2.55. The van der Waals surface area contributed by atoms with Crippen LogP contribution in [0.2, 0.25) is 5.02 Å². The SMILES string of the molecule is C[C@H]1C/C=C\C[C@H](O)[C@@H]2CC[C@H]2CN2C[C@@]3(CCCc4cc(Cl)ccc43)COc3ccc(cc32)C(=O)NS1(=O)=O. The van der Waals surface area contributed by atoms with E-state index in [0.717, 1.165) is 49.4 Å². The average Bonchev–Trinajstić information content (AvgIpc) is 3.05. The Bertz CT molecular complexity index is 1440. The lowest BCUT2D eigenvalue weighted by molar-refractivity contribution is 0.0177. The highest BCUT2D eigenvalue weighted by Crippen LogP contribution is 2.46. The minimum absolute atomic E-state index is 0.172. The van der Waals surface area contributed by atoms with Crippen molar-refractivity contribution in [3.63, 3.8) is 0 Å². The minimum atomic E-state index is -3.88. The third-order valence-corrected chi connectivity index (χ3v) is 11.5. The van der Waals surface area contributed by atoms with Gasteiger partial charge in [-0.25, -0.2) is 13.1 Å². The molecular weight excluding hydrogens is 548 g/mol. The molecule has 2 bridgehead atoms. The van der Waals surface area contributed by atoms with E-state index in [4.69, 9.17) is 16.3 Å². The topological polar surface area (TPSA) is 95.9 Å². The largest absolute Gasteiger partial charge is 0.490 e. The average molecular weight is 585 g/mol. The number of hydrogen-bond acceptors (Lipinski definition) is 6. The van der Waals surface area contributed by atoms with E-state index in [0.29, 0.717) is 31.2 Å². The van der Waals surface area contributed by atoms with Crippen molar-refractivity contribution in [2.75, 3.05) is 24.6 Å². The lowest BCUT2D eigenvalue weighted by Crippen LogP contribution is -2.49. The molecule has 40 heavy (non-hydrogen) atoms. The summed E-state index contributed by atoms with van der Waals surface area (Å²) in [5, 5.41) is 11.0. The van der Waals surface area contributed by atoms with Gasteiger partial charge in [0.15, 0.2) is 0 Å². The predicted molar refractivity (Wildman–Crippen MR) is 157 cm³/mol. The second kappa shape index (κ2) is 10.7. The molecular formula is C31H37ClN2O5S. The Kier molecular flexibility index (Phi) is 7.38. The van der Waals surface area contributed by atoms with Crippen LogP contribution in [0, 0.1) is 11.8 Å². The lowest BCUT2D eigenvalue weighted by atomic mass is 9.68. The standard InChI is InChI=1S/C31H37ClN2O5S/c1-20-5-2-3-7-28(35)25-11-8-23(25)17-34-18-31(14-4-6-21-15-24(32)10-12-26(21)31)19-39-29-13-9-22(16-27(29)34)30(36)33-40(20,37)38/h2-3,9-10,12-13,15-16,20,23,25,28,35H,4-8,11,14,17-19H2,1H3,(H,33,36)/b3-2-/t20-,23-,25+,28-,31-/m0/s1. The Morgan fingerprint density at radius 2 is 1.95 bits per heavy atom. The Morgan fingerprint density at radius 3 is 2.75 bits per heavy atom. The summed E-state index contributed by atoms with van der Waals surface area (Å²) in [7, 11) is -3.88. The Morgan fingerprint density at radius 1 is 1.12 bits per heavy atom. The summed E-state index contributed by atoms with van der Waals surface area (Å²) in [5.41, 5.74) is 3.34. The number of allylic oxidation sites excluding steroid dienone is 1. The van der Waals surface area contributed by atoms with E-state index in [9.17, 15) is 18.3 Å². The van der Waals surface area contributed by atoms with Gasteiger partial charge in [0, 0.05) is 29.1 Å². The number of carbonyl (C=O) groups is 1. The monoisotopic (exact) mass is 584 g/mol. The first kappa shape index (κ1) is 27.6. The molecule has 9 heteroatoms. The number of hydrogen-bond donors (Lipinski definition) is 2. The van der Waals surface area contributed by atoms with Gasteiger partial charge in [0.25, 0.3) is 5.91 Å². The maximum Gasteiger partial charge on any atom is 0.264 e. The highest BCUT2D eigenvalue weighted by molar-refractivity contribution is 7.90. The van der Waals surface area contributed by atoms with Gasteiger partial charge in [0.05, 0.1) is 23.6 Å². The number of ether oxygens (including phenoxy) is 1. The van der Waals surface area contributed by atoms with Crippen LogP contribution < -0.4 is 14.4 Å². The van der Waals surface area contributed by atoms with Gasteiger partial charge in [-0.05, 0) is 105 Å². The van der Waals surface area contributed by atoms with Crippen LogP contribution in [0.25, 0.3) is 0 Å².